The maximum atomic E-state index is 13.0. The largest absolute Gasteiger partial charge is 0.449 e. The predicted molar refractivity (Wildman–Crippen MR) is 98.8 cm³/mol. The zero-order valence-electron chi connectivity index (χ0n) is 15.3. The predicted octanol–water partition coefficient (Wildman–Crippen LogP) is 4.30. The lowest BCUT2D eigenvalue weighted by atomic mass is 10.1. The van der Waals surface area contributed by atoms with E-state index in [0.29, 0.717) is 11.1 Å². The number of para-hydroxylation sites is 1. The van der Waals surface area contributed by atoms with Crippen LogP contribution in [0, 0.1) is 12.7 Å². The molecule has 0 aliphatic carbocycles. The zero-order chi connectivity index (χ0) is 19.6. The Kier molecular flexibility index (Phi) is 5.26. The summed E-state index contributed by atoms with van der Waals surface area (Å²) in [7, 11) is 0. The number of hydrogen-bond donors (Lipinski definition) is 1. The van der Waals surface area contributed by atoms with Crippen LogP contribution in [0.25, 0.3) is 11.0 Å². The molecule has 3 aromatic rings. The van der Waals surface area contributed by atoms with Gasteiger partial charge in [0.15, 0.2) is 6.10 Å². The quantitative estimate of drug-likeness (QED) is 0.681. The molecule has 2 atom stereocenters. The standard InChI is InChI=1S/C21H20FNO4/c1-12-17-6-4-5-7-18(17)27-19(12)21(25)26-14(3)20(24)23-13(2)15-8-10-16(22)11-9-15/h4-11,13-14H,1-3H3,(H,23,24)/t13-,14-/m1/s1. The number of carbonyl (C=O) groups excluding carboxylic acids is 2. The lowest BCUT2D eigenvalue weighted by Gasteiger charge is -2.18. The summed E-state index contributed by atoms with van der Waals surface area (Å²) in [6.07, 6.45) is -1.01. The number of furan rings is 1. The fourth-order valence-corrected chi connectivity index (χ4v) is 2.80. The van der Waals surface area contributed by atoms with E-state index in [0.717, 1.165) is 10.9 Å². The molecule has 27 heavy (non-hydrogen) atoms. The fourth-order valence-electron chi connectivity index (χ4n) is 2.80. The molecule has 0 fully saturated rings. The molecule has 6 heteroatoms. The highest BCUT2D eigenvalue weighted by Gasteiger charge is 2.25. The second-order valence-electron chi connectivity index (χ2n) is 6.38. The van der Waals surface area contributed by atoms with Crippen molar-refractivity contribution in [2.45, 2.75) is 32.9 Å². The van der Waals surface area contributed by atoms with Gasteiger partial charge >= 0.3 is 5.97 Å². The van der Waals surface area contributed by atoms with Crippen molar-refractivity contribution in [3.63, 3.8) is 0 Å². The number of benzene rings is 2. The van der Waals surface area contributed by atoms with Crippen molar-refractivity contribution in [1.29, 1.82) is 0 Å². The average molecular weight is 369 g/mol. The smallest absolute Gasteiger partial charge is 0.375 e. The van der Waals surface area contributed by atoms with Crippen LogP contribution in [-0.2, 0) is 9.53 Å². The minimum absolute atomic E-state index is 0.0856. The number of carbonyl (C=O) groups is 2. The van der Waals surface area contributed by atoms with E-state index in [1.807, 2.05) is 18.2 Å². The molecule has 0 spiro atoms. The van der Waals surface area contributed by atoms with Gasteiger partial charge in [0.05, 0.1) is 6.04 Å². The molecule has 1 heterocycles. The van der Waals surface area contributed by atoms with E-state index in [9.17, 15) is 14.0 Å². The van der Waals surface area contributed by atoms with E-state index in [-0.39, 0.29) is 17.6 Å². The molecule has 0 radical (unpaired) electrons. The van der Waals surface area contributed by atoms with Gasteiger partial charge in [-0.05, 0) is 44.5 Å². The third-order valence-electron chi connectivity index (χ3n) is 4.41. The number of aryl methyl sites for hydroxylation is 1. The molecule has 1 amide bonds. The van der Waals surface area contributed by atoms with Gasteiger partial charge in [0.25, 0.3) is 5.91 Å². The van der Waals surface area contributed by atoms with Gasteiger partial charge in [0, 0.05) is 10.9 Å². The van der Waals surface area contributed by atoms with Gasteiger partial charge in [-0.15, -0.1) is 0 Å². The molecule has 5 nitrogen and oxygen atoms in total. The number of fused-ring (bicyclic) bond motifs is 1. The summed E-state index contributed by atoms with van der Waals surface area (Å²) in [5.41, 5.74) is 2.00. The van der Waals surface area contributed by atoms with Crippen LogP contribution in [0.2, 0.25) is 0 Å². The first-order chi connectivity index (χ1) is 12.9. The van der Waals surface area contributed by atoms with Gasteiger partial charge in [-0.3, -0.25) is 4.79 Å². The minimum Gasteiger partial charge on any atom is -0.449 e. The Morgan fingerprint density at radius 3 is 2.41 bits per heavy atom. The van der Waals surface area contributed by atoms with Gasteiger partial charge in [-0.2, -0.15) is 0 Å². The number of rotatable bonds is 5. The van der Waals surface area contributed by atoms with E-state index in [4.69, 9.17) is 9.15 Å². The van der Waals surface area contributed by atoms with Crippen molar-refractivity contribution in [1.82, 2.24) is 5.32 Å². The van der Waals surface area contributed by atoms with Gasteiger partial charge in [-0.1, -0.05) is 30.3 Å². The second-order valence-corrected chi connectivity index (χ2v) is 6.38. The Morgan fingerprint density at radius 2 is 1.74 bits per heavy atom. The summed E-state index contributed by atoms with van der Waals surface area (Å²) in [4.78, 5) is 24.7. The van der Waals surface area contributed by atoms with Crippen LogP contribution in [0.1, 0.15) is 41.6 Å². The summed E-state index contributed by atoms with van der Waals surface area (Å²) in [5, 5.41) is 3.57. The highest BCUT2D eigenvalue weighted by atomic mass is 19.1. The highest BCUT2D eigenvalue weighted by Crippen LogP contribution is 2.25. The monoisotopic (exact) mass is 369 g/mol. The molecule has 140 valence electrons. The fraction of sp³-hybridized carbons (Fsp3) is 0.238. The van der Waals surface area contributed by atoms with Gasteiger partial charge < -0.3 is 14.5 Å². The van der Waals surface area contributed by atoms with Crippen LogP contribution in [0.4, 0.5) is 4.39 Å². The summed E-state index contributed by atoms with van der Waals surface area (Å²) >= 11 is 0. The van der Waals surface area contributed by atoms with Crippen molar-refractivity contribution in [2.24, 2.45) is 0 Å². The first-order valence-electron chi connectivity index (χ1n) is 8.61. The number of halogens is 1. The number of ether oxygens (including phenoxy) is 1. The summed E-state index contributed by atoms with van der Waals surface area (Å²) < 4.78 is 23.8. The van der Waals surface area contributed by atoms with E-state index < -0.39 is 18.0 Å². The Hall–Kier alpha value is -3.15. The molecule has 3 rings (SSSR count). The molecular formula is C21H20FNO4. The van der Waals surface area contributed by atoms with Gasteiger partial charge in [0.2, 0.25) is 5.76 Å². The number of esters is 1. The van der Waals surface area contributed by atoms with Gasteiger partial charge in [0.1, 0.15) is 11.4 Å². The molecular weight excluding hydrogens is 349 g/mol. The van der Waals surface area contributed by atoms with Crippen molar-refractivity contribution < 1.29 is 23.1 Å². The number of nitrogens with one attached hydrogen (secondary N) is 1. The summed E-state index contributed by atoms with van der Waals surface area (Å²) in [5.74, 6) is -1.40. The van der Waals surface area contributed by atoms with Crippen molar-refractivity contribution in [3.8, 4) is 0 Å². The molecule has 2 aromatic carbocycles. The van der Waals surface area contributed by atoms with Crippen LogP contribution >= 0.6 is 0 Å². The van der Waals surface area contributed by atoms with Gasteiger partial charge in [-0.25, -0.2) is 9.18 Å². The number of amides is 1. The van der Waals surface area contributed by atoms with Crippen LogP contribution < -0.4 is 5.32 Å². The molecule has 0 aliphatic heterocycles. The van der Waals surface area contributed by atoms with Crippen LogP contribution in [0.5, 0.6) is 0 Å². The average Bonchev–Trinajstić information content (AvgIpc) is 2.99. The molecule has 0 bridgehead atoms. The third-order valence-corrected chi connectivity index (χ3v) is 4.41. The van der Waals surface area contributed by atoms with E-state index in [1.165, 1.54) is 19.1 Å². The van der Waals surface area contributed by atoms with E-state index in [2.05, 4.69) is 5.32 Å². The Labute approximate surface area is 156 Å². The minimum atomic E-state index is -1.01. The Balaban J connectivity index is 1.65. The second kappa shape index (κ2) is 7.61. The molecule has 0 saturated carbocycles. The van der Waals surface area contributed by atoms with E-state index in [1.54, 1.807) is 32.0 Å². The van der Waals surface area contributed by atoms with Crippen molar-refractivity contribution in [3.05, 3.63) is 71.2 Å². The molecule has 0 saturated heterocycles. The lowest BCUT2D eigenvalue weighted by Crippen LogP contribution is -2.37. The Bertz CT molecular complexity index is 978. The number of hydrogen-bond acceptors (Lipinski definition) is 4. The molecule has 1 aromatic heterocycles. The summed E-state index contributed by atoms with van der Waals surface area (Å²) in [6, 6.07) is 12.8. The molecule has 1 N–H and O–H groups in total. The van der Waals surface area contributed by atoms with Crippen molar-refractivity contribution >= 4 is 22.8 Å². The van der Waals surface area contributed by atoms with Crippen LogP contribution in [0.3, 0.4) is 0 Å². The topological polar surface area (TPSA) is 68.5 Å². The zero-order valence-corrected chi connectivity index (χ0v) is 15.3. The van der Waals surface area contributed by atoms with Crippen LogP contribution in [0.15, 0.2) is 52.9 Å². The third kappa shape index (κ3) is 4.00. The highest BCUT2D eigenvalue weighted by molar-refractivity contribution is 5.97. The maximum Gasteiger partial charge on any atom is 0.375 e. The van der Waals surface area contributed by atoms with Crippen LogP contribution in [-0.4, -0.2) is 18.0 Å². The Morgan fingerprint density at radius 1 is 1.07 bits per heavy atom. The molecule has 0 aliphatic rings. The maximum absolute atomic E-state index is 13.0. The van der Waals surface area contributed by atoms with Crippen molar-refractivity contribution in [2.75, 3.05) is 0 Å². The normalized spacial score (nSPS) is 13.2. The summed E-state index contributed by atoms with van der Waals surface area (Å²) in [6.45, 7) is 5.02. The first kappa shape index (κ1) is 18.6. The first-order valence-corrected chi connectivity index (χ1v) is 8.61. The lowest BCUT2D eigenvalue weighted by molar-refractivity contribution is -0.129. The SMILES string of the molecule is Cc1c(C(=O)O[C@H](C)C(=O)N[C@H](C)c2ccc(F)cc2)oc2ccccc12. The molecule has 0 unspecified atom stereocenters. The van der Waals surface area contributed by atoms with E-state index >= 15 is 0 Å².